The molecular weight excluding hydrogens is 470 g/mol. The van der Waals surface area contributed by atoms with E-state index in [2.05, 4.69) is 25.3 Å². The topological polar surface area (TPSA) is 117 Å². The van der Waals surface area contributed by atoms with Crippen LogP contribution >= 0.6 is 0 Å². The molecule has 0 radical (unpaired) electrons. The maximum Gasteiger partial charge on any atom is 0.387 e. The summed E-state index contributed by atoms with van der Waals surface area (Å²) in [7, 11) is 0. The van der Waals surface area contributed by atoms with Gasteiger partial charge >= 0.3 is 6.61 Å². The van der Waals surface area contributed by atoms with E-state index in [-0.39, 0.29) is 30.4 Å². The fourth-order valence-electron chi connectivity index (χ4n) is 4.16. The molecule has 1 fully saturated rings. The quantitative estimate of drug-likeness (QED) is 0.353. The van der Waals surface area contributed by atoms with Crippen LogP contribution in [-0.4, -0.2) is 51.5 Å². The summed E-state index contributed by atoms with van der Waals surface area (Å²) in [6, 6.07) is 13.3. The summed E-state index contributed by atoms with van der Waals surface area (Å²) >= 11 is 0. The summed E-state index contributed by atoms with van der Waals surface area (Å²) in [6.45, 7) is -3.18. The third-order valence-corrected chi connectivity index (χ3v) is 6.18. The van der Waals surface area contributed by atoms with Gasteiger partial charge in [0.1, 0.15) is 5.75 Å². The lowest BCUT2D eigenvalue weighted by molar-refractivity contribution is -0.124. The Morgan fingerprint density at radius 1 is 0.972 bits per heavy atom. The predicted molar refractivity (Wildman–Crippen MR) is 130 cm³/mol. The Balaban J connectivity index is 1.34. The molecule has 3 aromatic rings. The Hall–Kier alpha value is -3.63. The van der Waals surface area contributed by atoms with Crippen molar-refractivity contribution < 1.29 is 28.5 Å². The lowest BCUT2D eigenvalue weighted by Crippen LogP contribution is -2.41. The van der Waals surface area contributed by atoms with Gasteiger partial charge < -0.3 is 25.6 Å². The van der Waals surface area contributed by atoms with Crippen molar-refractivity contribution in [1.29, 1.82) is 0 Å². The van der Waals surface area contributed by atoms with Gasteiger partial charge in [0.25, 0.3) is 0 Å². The molecule has 190 valence electrons. The molecule has 1 saturated carbocycles. The maximum atomic E-state index is 12.7. The molecule has 0 bridgehead atoms. The standard InChI is InChI=1S/C26H28F2N4O4/c27-25(28)36-22-11-3-16(4-12-22)18-13-29-26(30-14-18)32-20-5-1-17(2-6-20)23(15-33)24(35)31-19-7-9-21(34)10-8-19/h1-6,11-14,19,21,23,25,33-34H,7-10,15H2,(H,31,35)(H,29,30,32)/t19-,21-,23-/m0/s1. The summed E-state index contributed by atoms with van der Waals surface area (Å²) in [4.78, 5) is 21.3. The van der Waals surface area contributed by atoms with Crippen molar-refractivity contribution in [2.75, 3.05) is 11.9 Å². The van der Waals surface area contributed by atoms with Crippen LogP contribution in [0.25, 0.3) is 11.1 Å². The molecule has 10 heteroatoms. The van der Waals surface area contributed by atoms with E-state index in [0.29, 0.717) is 35.6 Å². The first-order chi connectivity index (χ1) is 17.4. The number of amides is 1. The number of aliphatic hydroxyl groups is 2. The van der Waals surface area contributed by atoms with Crippen LogP contribution < -0.4 is 15.4 Å². The second-order valence-electron chi connectivity index (χ2n) is 8.69. The summed E-state index contributed by atoms with van der Waals surface area (Å²) in [5.41, 5.74) is 2.86. The van der Waals surface area contributed by atoms with E-state index in [0.717, 1.165) is 18.4 Å². The molecule has 36 heavy (non-hydrogen) atoms. The van der Waals surface area contributed by atoms with Gasteiger partial charge in [-0.05, 0) is 61.1 Å². The van der Waals surface area contributed by atoms with Crippen LogP contribution in [0.5, 0.6) is 5.75 Å². The van der Waals surface area contributed by atoms with E-state index in [9.17, 15) is 23.8 Å². The second kappa shape index (κ2) is 11.9. The number of aromatic nitrogens is 2. The highest BCUT2D eigenvalue weighted by Crippen LogP contribution is 2.25. The van der Waals surface area contributed by atoms with E-state index in [1.807, 2.05) is 0 Å². The van der Waals surface area contributed by atoms with Crippen LogP contribution in [0, 0.1) is 0 Å². The van der Waals surface area contributed by atoms with Crippen molar-refractivity contribution >= 4 is 17.5 Å². The summed E-state index contributed by atoms with van der Waals surface area (Å²) in [6.07, 6.45) is 5.72. The van der Waals surface area contributed by atoms with E-state index >= 15 is 0 Å². The molecule has 0 spiro atoms. The lowest BCUT2D eigenvalue weighted by Gasteiger charge is -2.27. The van der Waals surface area contributed by atoms with Gasteiger partial charge in [-0.3, -0.25) is 4.79 Å². The highest BCUT2D eigenvalue weighted by atomic mass is 19.3. The van der Waals surface area contributed by atoms with Crippen molar-refractivity contribution in [1.82, 2.24) is 15.3 Å². The minimum absolute atomic E-state index is 0.0138. The molecule has 1 aliphatic carbocycles. The van der Waals surface area contributed by atoms with Gasteiger partial charge in [0, 0.05) is 29.7 Å². The number of nitrogens with zero attached hydrogens (tertiary/aromatic N) is 2. The fraction of sp³-hybridized carbons (Fsp3) is 0.346. The number of nitrogens with one attached hydrogen (secondary N) is 2. The third-order valence-electron chi connectivity index (χ3n) is 6.18. The van der Waals surface area contributed by atoms with Crippen molar-refractivity contribution in [3.8, 4) is 16.9 Å². The molecule has 0 aliphatic heterocycles. The first kappa shape index (κ1) is 25.5. The number of anilines is 2. The van der Waals surface area contributed by atoms with E-state index in [1.54, 1.807) is 48.8 Å². The molecule has 0 saturated heterocycles. The number of aliphatic hydroxyl groups excluding tert-OH is 2. The predicted octanol–water partition coefficient (Wildman–Crippen LogP) is 3.98. The molecule has 1 aliphatic rings. The van der Waals surface area contributed by atoms with Gasteiger partial charge in [-0.15, -0.1) is 0 Å². The zero-order valence-electron chi connectivity index (χ0n) is 19.5. The highest BCUT2D eigenvalue weighted by molar-refractivity contribution is 5.84. The lowest BCUT2D eigenvalue weighted by atomic mass is 9.92. The van der Waals surface area contributed by atoms with Gasteiger partial charge in [-0.2, -0.15) is 8.78 Å². The minimum atomic E-state index is -2.87. The van der Waals surface area contributed by atoms with Crippen LogP contribution in [0.15, 0.2) is 60.9 Å². The molecule has 4 rings (SSSR count). The van der Waals surface area contributed by atoms with Gasteiger partial charge in [0.2, 0.25) is 11.9 Å². The molecule has 1 aromatic heterocycles. The number of hydrogen-bond donors (Lipinski definition) is 4. The Labute approximate surface area is 207 Å². The van der Waals surface area contributed by atoms with E-state index < -0.39 is 12.5 Å². The summed E-state index contributed by atoms with van der Waals surface area (Å²) in [5, 5.41) is 25.5. The van der Waals surface area contributed by atoms with Gasteiger partial charge in [0.05, 0.1) is 18.6 Å². The monoisotopic (exact) mass is 498 g/mol. The SMILES string of the molecule is O=C(N[C@H]1CC[C@H](O)CC1)[C@@H](CO)c1ccc(Nc2ncc(-c3ccc(OC(F)F)cc3)cn2)cc1. The van der Waals surface area contributed by atoms with Crippen LogP contribution in [-0.2, 0) is 4.79 Å². The minimum Gasteiger partial charge on any atom is -0.435 e. The number of alkyl halides is 2. The van der Waals surface area contributed by atoms with Crippen LogP contribution in [0.1, 0.15) is 37.2 Å². The largest absolute Gasteiger partial charge is 0.435 e. The van der Waals surface area contributed by atoms with Gasteiger partial charge in [-0.1, -0.05) is 24.3 Å². The average Bonchev–Trinajstić information content (AvgIpc) is 2.87. The number of rotatable bonds is 9. The molecular formula is C26H28F2N4O4. The van der Waals surface area contributed by atoms with Crippen LogP contribution in [0.4, 0.5) is 20.4 Å². The number of carbonyl (C=O) groups excluding carboxylic acids is 1. The van der Waals surface area contributed by atoms with Crippen molar-refractivity contribution in [3.63, 3.8) is 0 Å². The summed E-state index contributed by atoms with van der Waals surface area (Å²) in [5.74, 6) is -0.475. The van der Waals surface area contributed by atoms with E-state index in [4.69, 9.17) is 0 Å². The van der Waals surface area contributed by atoms with Crippen molar-refractivity contribution in [2.24, 2.45) is 0 Å². The number of ether oxygens (including phenoxy) is 1. The molecule has 2 aromatic carbocycles. The number of benzene rings is 2. The van der Waals surface area contributed by atoms with Crippen molar-refractivity contribution in [3.05, 3.63) is 66.5 Å². The number of halogens is 2. The smallest absolute Gasteiger partial charge is 0.387 e. The Morgan fingerprint density at radius 2 is 1.61 bits per heavy atom. The third kappa shape index (κ3) is 6.73. The molecule has 1 heterocycles. The normalized spacial score (nSPS) is 18.5. The summed E-state index contributed by atoms with van der Waals surface area (Å²) < 4.78 is 28.9. The zero-order chi connectivity index (χ0) is 25.5. The highest BCUT2D eigenvalue weighted by Gasteiger charge is 2.25. The van der Waals surface area contributed by atoms with Gasteiger partial charge in [-0.25, -0.2) is 9.97 Å². The Morgan fingerprint density at radius 3 is 2.19 bits per heavy atom. The van der Waals surface area contributed by atoms with Crippen LogP contribution in [0.2, 0.25) is 0 Å². The second-order valence-corrected chi connectivity index (χ2v) is 8.69. The fourth-order valence-corrected chi connectivity index (χ4v) is 4.16. The molecule has 8 nitrogen and oxygen atoms in total. The van der Waals surface area contributed by atoms with Crippen LogP contribution in [0.3, 0.4) is 0 Å². The first-order valence-corrected chi connectivity index (χ1v) is 11.7. The van der Waals surface area contributed by atoms with Crippen molar-refractivity contribution in [2.45, 2.75) is 50.4 Å². The number of hydrogen-bond acceptors (Lipinski definition) is 7. The average molecular weight is 499 g/mol. The molecule has 4 N–H and O–H groups in total. The first-order valence-electron chi connectivity index (χ1n) is 11.7. The molecule has 1 amide bonds. The molecule has 1 atom stereocenters. The maximum absolute atomic E-state index is 12.7. The van der Waals surface area contributed by atoms with E-state index in [1.165, 1.54) is 12.1 Å². The Bertz CT molecular complexity index is 1120. The van der Waals surface area contributed by atoms with Gasteiger partial charge in [0.15, 0.2) is 0 Å². The Kier molecular flexibility index (Phi) is 8.40. The number of carbonyl (C=O) groups is 1. The molecule has 0 unspecified atom stereocenters. The zero-order valence-corrected chi connectivity index (χ0v) is 19.5.